The molecule has 5 nitrogen and oxygen atoms in total. The Bertz CT molecular complexity index is 990. The lowest BCUT2D eigenvalue weighted by Crippen LogP contribution is -2.45. The summed E-state index contributed by atoms with van der Waals surface area (Å²) in [5, 5.41) is 0. The maximum Gasteiger partial charge on any atom is 0.175 e. The third-order valence-corrected chi connectivity index (χ3v) is 6.76. The molecule has 0 N–H and O–H groups in total. The van der Waals surface area contributed by atoms with Gasteiger partial charge in [0.05, 0.1) is 10.6 Å². The van der Waals surface area contributed by atoms with Crippen LogP contribution in [0.5, 0.6) is 0 Å². The molecule has 1 aliphatic heterocycles. The molecule has 1 aromatic heterocycles. The molecule has 0 amide bonds. The molecule has 2 heterocycles. The fourth-order valence-electron chi connectivity index (χ4n) is 3.96. The fraction of sp³-hybridized carbons (Fsp3) is 0.348. The molecular weight excluding hydrogens is 382 g/mol. The average molecular weight is 410 g/mol. The number of rotatable bonds is 5. The lowest BCUT2D eigenvalue weighted by Gasteiger charge is -2.37. The van der Waals surface area contributed by atoms with Crippen LogP contribution in [0.3, 0.4) is 0 Å². The van der Waals surface area contributed by atoms with Gasteiger partial charge in [0.2, 0.25) is 0 Å². The van der Waals surface area contributed by atoms with E-state index in [1.165, 1.54) is 12.0 Å². The Kier molecular flexibility index (Phi) is 5.83. The van der Waals surface area contributed by atoms with Gasteiger partial charge in [0, 0.05) is 56.8 Å². The van der Waals surface area contributed by atoms with E-state index in [2.05, 4.69) is 39.1 Å². The van der Waals surface area contributed by atoms with Crippen molar-refractivity contribution >= 4 is 9.84 Å². The lowest BCUT2D eigenvalue weighted by molar-refractivity contribution is 0.153. The molecule has 0 saturated carbocycles. The van der Waals surface area contributed by atoms with Crippen LogP contribution in [0.2, 0.25) is 0 Å². The molecule has 29 heavy (non-hydrogen) atoms. The summed E-state index contributed by atoms with van der Waals surface area (Å²) in [6, 6.07) is 13.4. The van der Waals surface area contributed by atoms with E-state index in [1.54, 1.807) is 12.1 Å². The first-order valence-corrected chi connectivity index (χ1v) is 11.9. The Morgan fingerprint density at radius 3 is 2.45 bits per heavy atom. The van der Waals surface area contributed by atoms with Crippen LogP contribution in [-0.2, 0) is 16.4 Å². The number of hydrogen-bond acceptors (Lipinski definition) is 5. The van der Waals surface area contributed by atoms with E-state index in [9.17, 15) is 8.42 Å². The highest BCUT2D eigenvalue weighted by Crippen LogP contribution is 2.29. The largest absolute Gasteiger partial charge is 0.369 e. The minimum Gasteiger partial charge on any atom is -0.369 e. The Morgan fingerprint density at radius 2 is 1.79 bits per heavy atom. The van der Waals surface area contributed by atoms with Crippen LogP contribution < -0.4 is 0 Å². The molecule has 152 valence electrons. The van der Waals surface area contributed by atoms with Crippen molar-refractivity contribution in [1.82, 2.24) is 14.8 Å². The van der Waals surface area contributed by atoms with E-state index in [4.69, 9.17) is 0 Å². The van der Waals surface area contributed by atoms with Gasteiger partial charge >= 0.3 is 0 Å². The maximum atomic E-state index is 11.7. The Balaban J connectivity index is 1.39. The van der Waals surface area contributed by atoms with Crippen molar-refractivity contribution in [2.24, 2.45) is 0 Å². The first-order valence-electron chi connectivity index (χ1n) is 10.0. The summed E-state index contributed by atoms with van der Waals surface area (Å²) in [4.78, 5) is 9.71. The molecule has 1 unspecified atom stereocenters. The quantitative estimate of drug-likeness (QED) is 0.759. The second kappa shape index (κ2) is 8.51. The number of pyridine rings is 1. The van der Waals surface area contributed by atoms with E-state index >= 15 is 0 Å². The highest BCUT2D eigenvalue weighted by atomic mass is 32.2. The number of sulfone groups is 1. The molecule has 0 bridgehead atoms. The molecule has 1 aliphatic carbocycles. The van der Waals surface area contributed by atoms with Crippen LogP contribution >= 0.6 is 0 Å². The third-order valence-electron chi connectivity index (χ3n) is 5.64. The number of hydrogen-bond donors (Lipinski definition) is 0. The first-order chi connectivity index (χ1) is 14.0. The van der Waals surface area contributed by atoms with Crippen molar-refractivity contribution in [3.05, 3.63) is 83.8 Å². The van der Waals surface area contributed by atoms with Crippen molar-refractivity contribution < 1.29 is 8.42 Å². The molecule has 0 radical (unpaired) electrons. The smallest absolute Gasteiger partial charge is 0.175 e. The third kappa shape index (κ3) is 4.95. The van der Waals surface area contributed by atoms with E-state index in [1.807, 2.05) is 30.5 Å². The Morgan fingerprint density at radius 1 is 1.03 bits per heavy atom. The Labute approximate surface area is 173 Å². The van der Waals surface area contributed by atoms with Gasteiger partial charge < -0.3 is 4.90 Å². The van der Waals surface area contributed by atoms with Crippen LogP contribution in [0.25, 0.3) is 0 Å². The van der Waals surface area contributed by atoms with Crippen LogP contribution in [0, 0.1) is 0 Å². The van der Waals surface area contributed by atoms with Gasteiger partial charge in [-0.05, 0) is 42.3 Å². The van der Waals surface area contributed by atoms with Crippen molar-refractivity contribution in [2.45, 2.75) is 23.8 Å². The van der Waals surface area contributed by atoms with Gasteiger partial charge in [-0.15, -0.1) is 0 Å². The standard InChI is InChI=1S/C23H27N3O2S/c1-29(27,28)23-10-8-19(9-11-23)20-5-4-7-22(17-20)26-15-13-25(14-16-26)18-21-6-2-3-12-24-21/h2-4,6-12,17,20H,5,13-16,18H2,1H3. The number of allylic oxidation sites excluding steroid dienone is 3. The summed E-state index contributed by atoms with van der Waals surface area (Å²) < 4.78 is 23.4. The van der Waals surface area contributed by atoms with E-state index in [-0.39, 0.29) is 5.92 Å². The molecular formula is C23H27N3O2S. The predicted molar refractivity (Wildman–Crippen MR) is 115 cm³/mol. The van der Waals surface area contributed by atoms with Gasteiger partial charge in [0.15, 0.2) is 9.84 Å². The molecule has 1 atom stereocenters. The lowest BCUT2D eigenvalue weighted by atomic mass is 9.91. The number of aromatic nitrogens is 1. The second-order valence-electron chi connectivity index (χ2n) is 7.76. The van der Waals surface area contributed by atoms with Crippen LogP contribution in [0.4, 0.5) is 0 Å². The summed E-state index contributed by atoms with van der Waals surface area (Å²) in [6.07, 6.45) is 10.8. The number of benzene rings is 1. The number of piperazine rings is 1. The monoisotopic (exact) mass is 409 g/mol. The minimum atomic E-state index is -3.15. The van der Waals surface area contributed by atoms with Crippen LogP contribution in [0.15, 0.2) is 77.5 Å². The van der Waals surface area contributed by atoms with Crippen LogP contribution in [0.1, 0.15) is 23.6 Å². The predicted octanol–water partition coefficient (Wildman–Crippen LogP) is 3.23. The SMILES string of the molecule is CS(=O)(=O)c1ccc(C2C=C(N3CCN(Cc4ccccn4)CC3)C=CC2)cc1. The average Bonchev–Trinajstić information content (AvgIpc) is 2.75. The van der Waals surface area contributed by atoms with Gasteiger partial charge in [-0.2, -0.15) is 0 Å². The van der Waals surface area contributed by atoms with Gasteiger partial charge in [-0.1, -0.05) is 30.4 Å². The Hall–Kier alpha value is -2.44. The molecule has 1 saturated heterocycles. The maximum absolute atomic E-state index is 11.7. The normalized spacial score (nSPS) is 20.5. The van der Waals surface area contributed by atoms with Crippen molar-refractivity contribution in [1.29, 1.82) is 0 Å². The molecule has 6 heteroatoms. The van der Waals surface area contributed by atoms with Crippen molar-refractivity contribution in [3.8, 4) is 0 Å². The summed E-state index contributed by atoms with van der Waals surface area (Å²) in [5.41, 5.74) is 3.55. The fourth-order valence-corrected chi connectivity index (χ4v) is 4.59. The zero-order chi connectivity index (χ0) is 20.3. The summed E-state index contributed by atoms with van der Waals surface area (Å²) in [6.45, 7) is 4.95. The van der Waals surface area contributed by atoms with Gasteiger partial charge in [-0.25, -0.2) is 8.42 Å². The minimum absolute atomic E-state index is 0.287. The summed E-state index contributed by atoms with van der Waals surface area (Å²) in [7, 11) is -3.15. The van der Waals surface area contributed by atoms with Gasteiger partial charge in [0.1, 0.15) is 0 Å². The molecule has 2 aromatic rings. The van der Waals surface area contributed by atoms with Gasteiger partial charge in [-0.3, -0.25) is 9.88 Å². The van der Waals surface area contributed by atoms with E-state index in [0.717, 1.165) is 50.4 Å². The van der Waals surface area contributed by atoms with Crippen molar-refractivity contribution in [2.75, 3.05) is 32.4 Å². The van der Waals surface area contributed by atoms with E-state index < -0.39 is 9.84 Å². The molecule has 1 aromatic carbocycles. The van der Waals surface area contributed by atoms with Crippen LogP contribution in [-0.4, -0.2) is 55.6 Å². The highest BCUT2D eigenvalue weighted by molar-refractivity contribution is 7.90. The van der Waals surface area contributed by atoms with E-state index in [0.29, 0.717) is 4.90 Å². The summed E-state index contributed by atoms with van der Waals surface area (Å²) in [5.74, 6) is 0.287. The number of nitrogens with zero attached hydrogens (tertiary/aromatic N) is 3. The molecule has 0 spiro atoms. The first kappa shape index (κ1) is 19.9. The molecule has 2 aliphatic rings. The summed E-state index contributed by atoms with van der Waals surface area (Å²) >= 11 is 0. The van der Waals surface area contributed by atoms with Gasteiger partial charge in [0.25, 0.3) is 0 Å². The zero-order valence-electron chi connectivity index (χ0n) is 16.7. The zero-order valence-corrected chi connectivity index (χ0v) is 17.6. The highest BCUT2D eigenvalue weighted by Gasteiger charge is 2.21. The molecule has 4 rings (SSSR count). The molecule has 1 fully saturated rings. The topological polar surface area (TPSA) is 53.5 Å². The second-order valence-corrected chi connectivity index (χ2v) is 9.78. The van der Waals surface area contributed by atoms with Crippen molar-refractivity contribution in [3.63, 3.8) is 0 Å².